The predicted octanol–water partition coefficient (Wildman–Crippen LogP) is 2.64. The summed E-state index contributed by atoms with van der Waals surface area (Å²) in [6.07, 6.45) is 3.52. The van der Waals surface area contributed by atoms with E-state index < -0.39 is 0 Å². The molecular weight excluding hydrogens is 186 g/mol. The van der Waals surface area contributed by atoms with Crippen LogP contribution in [0.1, 0.15) is 16.8 Å². The fourth-order valence-electron chi connectivity index (χ4n) is 1.58. The molecule has 3 nitrogen and oxygen atoms in total. The number of imidazole rings is 1. The van der Waals surface area contributed by atoms with Crippen LogP contribution >= 0.6 is 0 Å². The van der Waals surface area contributed by atoms with E-state index in [1.165, 1.54) is 16.8 Å². The van der Waals surface area contributed by atoms with E-state index in [1.807, 2.05) is 6.20 Å². The summed E-state index contributed by atoms with van der Waals surface area (Å²) in [6.45, 7) is 5.00. The summed E-state index contributed by atoms with van der Waals surface area (Å²) in [6, 6.07) is 6.40. The third kappa shape index (κ3) is 2.37. The number of H-pyrrole nitrogens is 1. The van der Waals surface area contributed by atoms with Gasteiger partial charge in [0.2, 0.25) is 0 Å². The highest BCUT2D eigenvalue weighted by Gasteiger charge is 1.98. The van der Waals surface area contributed by atoms with Crippen LogP contribution in [0.5, 0.6) is 0 Å². The molecule has 2 aromatic rings. The Labute approximate surface area is 89.6 Å². The molecule has 1 aromatic heterocycles. The quantitative estimate of drug-likeness (QED) is 0.801. The third-order valence-corrected chi connectivity index (χ3v) is 2.41. The van der Waals surface area contributed by atoms with Crippen molar-refractivity contribution in [2.45, 2.75) is 20.4 Å². The van der Waals surface area contributed by atoms with E-state index >= 15 is 0 Å². The van der Waals surface area contributed by atoms with Crippen molar-refractivity contribution in [1.29, 1.82) is 0 Å². The van der Waals surface area contributed by atoms with Crippen molar-refractivity contribution >= 4 is 5.69 Å². The van der Waals surface area contributed by atoms with Crippen LogP contribution in [0.2, 0.25) is 0 Å². The topological polar surface area (TPSA) is 40.7 Å². The standard InChI is InChI=1S/C12H15N3/c1-9-3-4-12(10(2)5-9)14-7-11-6-13-8-15-11/h3-6,8,14H,7H2,1-2H3,(H,13,15). The van der Waals surface area contributed by atoms with E-state index in [2.05, 4.69) is 47.3 Å². The van der Waals surface area contributed by atoms with E-state index in [0.717, 1.165) is 12.2 Å². The molecule has 3 heteroatoms. The summed E-state index contributed by atoms with van der Waals surface area (Å²) >= 11 is 0. The molecule has 2 rings (SSSR count). The molecule has 2 N–H and O–H groups in total. The summed E-state index contributed by atoms with van der Waals surface area (Å²) in [4.78, 5) is 7.04. The zero-order valence-corrected chi connectivity index (χ0v) is 9.04. The van der Waals surface area contributed by atoms with Gasteiger partial charge in [0.05, 0.1) is 18.6 Å². The van der Waals surface area contributed by atoms with Crippen LogP contribution in [0.25, 0.3) is 0 Å². The summed E-state index contributed by atoms with van der Waals surface area (Å²) in [5, 5.41) is 3.37. The van der Waals surface area contributed by atoms with Crippen molar-refractivity contribution in [2.75, 3.05) is 5.32 Å². The minimum atomic E-state index is 0.782. The van der Waals surface area contributed by atoms with Crippen molar-refractivity contribution < 1.29 is 0 Å². The van der Waals surface area contributed by atoms with Gasteiger partial charge in [-0.25, -0.2) is 4.98 Å². The second-order valence-electron chi connectivity index (χ2n) is 3.75. The summed E-state index contributed by atoms with van der Waals surface area (Å²) < 4.78 is 0. The Kier molecular flexibility index (Phi) is 2.72. The Morgan fingerprint density at radius 1 is 1.33 bits per heavy atom. The van der Waals surface area contributed by atoms with E-state index in [0.29, 0.717) is 0 Å². The number of hydrogen-bond donors (Lipinski definition) is 2. The van der Waals surface area contributed by atoms with E-state index in [-0.39, 0.29) is 0 Å². The zero-order valence-electron chi connectivity index (χ0n) is 9.04. The highest BCUT2D eigenvalue weighted by atomic mass is 14.9. The van der Waals surface area contributed by atoms with Crippen molar-refractivity contribution in [3.8, 4) is 0 Å². The van der Waals surface area contributed by atoms with Gasteiger partial charge >= 0.3 is 0 Å². The average Bonchev–Trinajstić information content (AvgIpc) is 2.69. The Bertz CT molecular complexity index is 432. The lowest BCUT2D eigenvalue weighted by Gasteiger charge is -2.08. The average molecular weight is 201 g/mol. The molecule has 0 amide bonds. The SMILES string of the molecule is Cc1ccc(NCc2cnc[nH]2)c(C)c1. The normalized spacial score (nSPS) is 10.3. The van der Waals surface area contributed by atoms with Crippen LogP contribution in [0.15, 0.2) is 30.7 Å². The highest BCUT2D eigenvalue weighted by molar-refractivity contribution is 5.51. The largest absolute Gasteiger partial charge is 0.379 e. The first-order chi connectivity index (χ1) is 7.25. The number of nitrogens with one attached hydrogen (secondary N) is 2. The lowest BCUT2D eigenvalue weighted by molar-refractivity contribution is 1.07. The second-order valence-corrected chi connectivity index (χ2v) is 3.75. The van der Waals surface area contributed by atoms with Crippen LogP contribution in [0, 0.1) is 13.8 Å². The van der Waals surface area contributed by atoms with E-state index in [1.54, 1.807) is 6.33 Å². The van der Waals surface area contributed by atoms with Crippen LogP contribution in [-0.2, 0) is 6.54 Å². The van der Waals surface area contributed by atoms with Crippen molar-refractivity contribution in [2.24, 2.45) is 0 Å². The minimum Gasteiger partial charge on any atom is -0.379 e. The van der Waals surface area contributed by atoms with Crippen molar-refractivity contribution in [1.82, 2.24) is 9.97 Å². The summed E-state index contributed by atoms with van der Waals surface area (Å²) in [5.74, 6) is 0. The Morgan fingerprint density at radius 2 is 2.20 bits per heavy atom. The fraction of sp³-hybridized carbons (Fsp3) is 0.250. The third-order valence-electron chi connectivity index (χ3n) is 2.41. The molecule has 78 valence electrons. The zero-order chi connectivity index (χ0) is 10.7. The molecule has 0 spiro atoms. The van der Waals surface area contributed by atoms with Gasteiger partial charge in [-0.15, -0.1) is 0 Å². The number of aromatic amines is 1. The maximum Gasteiger partial charge on any atom is 0.0922 e. The molecule has 0 unspecified atom stereocenters. The van der Waals surface area contributed by atoms with Gasteiger partial charge in [0.25, 0.3) is 0 Å². The van der Waals surface area contributed by atoms with Crippen LogP contribution in [-0.4, -0.2) is 9.97 Å². The van der Waals surface area contributed by atoms with Crippen molar-refractivity contribution in [3.05, 3.63) is 47.5 Å². The molecule has 0 saturated heterocycles. The molecule has 15 heavy (non-hydrogen) atoms. The van der Waals surface area contributed by atoms with Crippen LogP contribution in [0.3, 0.4) is 0 Å². The van der Waals surface area contributed by atoms with Gasteiger partial charge in [-0.1, -0.05) is 17.7 Å². The molecule has 0 radical (unpaired) electrons. The lowest BCUT2D eigenvalue weighted by Crippen LogP contribution is -2.01. The molecule has 1 aromatic carbocycles. The van der Waals surface area contributed by atoms with Gasteiger partial charge in [0, 0.05) is 11.9 Å². The number of aromatic nitrogens is 2. The second kappa shape index (κ2) is 4.17. The smallest absolute Gasteiger partial charge is 0.0922 e. The fourth-order valence-corrected chi connectivity index (χ4v) is 1.58. The van der Waals surface area contributed by atoms with Crippen LogP contribution < -0.4 is 5.32 Å². The van der Waals surface area contributed by atoms with Crippen molar-refractivity contribution in [3.63, 3.8) is 0 Å². The number of rotatable bonds is 3. The first kappa shape index (κ1) is 9.77. The molecule has 1 heterocycles. The Morgan fingerprint density at radius 3 is 2.87 bits per heavy atom. The van der Waals surface area contributed by atoms with Gasteiger partial charge < -0.3 is 10.3 Å². The maximum atomic E-state index is 3.98. The van der Waals surface area contributed by atoms with Gasteiger partial charge in [-0.2, -0.15) is 0 Å². The number of hydrogen-bond acceptors (Lipinski definition) is 2. The van der Waals surface area contributed by atoms with Gasteiger partial charge in [0.1, 0.15) is 0 Å². The molecule has 0 bridgehead atoms. The van der Waals surface area contributed by atoms with Gasteiger partial charge in [0.15, 0.2) is 0 Å². The number of anilines is 1. The van der Waals surface area contributed by atoms with E-state index in [9.17, 15) is 0 Å². The van der Waals surface area contributed by atoms with Gasteiger partial charge in [-0.3, -0.25) is 0 Å². The first-order valence-corrected chi connectivity index (χ1v) is 5.04. The first-order valence-electron chi connectivity index (χ1n) is 5.04. The number of benzene rings is 1. The number of nitrogens with zero attached hydrogens (tertiary/aromatic N) is 1. The molecule has 0 atom stereocenters. The Balaban J connectivity index is 2.05. The molecule has 0 aliphatic carbocycles. The summed E-state index contributed by atoms with van der Waals surface area (Å²) in [5.41, 5.74) is 4.83. The molecular formula is C12H15N3. The molecule has 0 aliphatic heterocycles. The Hall–Kier alpha value is -1.77. The monoisotopic (exact) mass is 201 g/mol. The predicted molar refractivity (Wildman–Crippen MR) is 61.8 cm³/mol. The molecule has 0 saturated carbocycles. The number of aryl methyl sites for hydroxylation is 2. The minimum absolute atomic E-state index is 0.782. The maximum absolute atomic E-state index is 3.98. The molecule has 0 aliphatic rings. The summed E-state index contributed by atoms with van der Waals surface area (Å²) in [7, 11) is 0. The molecule has 0 fully saturated rings. The lowest BCUT2D eigenvalue weighted by atomic mass is 10.1. The van der Waals surface area contributed by atoms with Crippen LogP contribution in [0.4, 0.5) is 5.69 Å². The van der Waals surface area contributed by atoms with E-state index in [4.69, 9.17) is 0 Å². The highest BCUT2D eigenvalue weighted by Crippen LogP contribution is 2.16. The van der Waals surface area contributed by atoms with Gasteiger partial charge in [-0.05, 0) is 25.5 Å².